The van der Waals surface area contributed by atoms with Crippen LogP contribution < -0.4 is 5.73 Å². The van der Waals surface area contributed by atoms with Crippen LogP contribution in [0.3, 0.4) is 0 Å². The summed E-state index contributed by atoms with van der Waals surface area (Å²) in [5.74, 6) is -0.435. The average molecular weight is 435 g/mol. The SMILES string of the molecule is C=C(C)C(N)=O.CCC[N+](C)(C)Cc1ccccc1.Cc1ccc(S(=O)(=O)[O-])cc1. The van der Waals surface area contributed by atoms with Gasteiger partial charge in [-0.15, -0.1) is 0 Å². The van der Waals surface area contributed by atoms with Crippen LogP contribution >= 0.6 is 0 Å². The fourth-order valence-electron chi connectivity index (χ4n) is 2.47. The lowest BCUT2D eigenvalue weighted by Gasteiger charge is -2.29. The van der Waals surface area contributed by atoms with E-state index in [-0.39, 0.29) is 4.90 Å². The lowest BCUT2D eigenvalue weighted by Crippen LogP contribution is -2.39. The first-order chi connectivity index (χ1) is 13.8. The van der Waals surface area contributed by atoms with Gasteiger partial charge in [-0.2, -0.15) is 0 Å². The van der Waals surface area contributed by atoms with Crippen molar-refractivity contribution in [1.29, 1.82) is 0 Å². The van der Waals surface area contributed by atoms with Gasteiger partial charge in [0.2, 0.25) is 5.91 Å². The summed E-state index contributed by atoms with van der Waals surface area (Å²) >= 11 is 0. The number of nitrogens with two attached hydrogens (primary N) is 1. The predicted octanol–water partition coefficient (Wildman–Crippen LogP) is 3.62. The van der Waals surface area contributed by atoms with Crippen LogP contribution in [0, 0.1) is 6.92 Å². The Bertz CT molecular complexity index is 879. The molecule has 7 heteroatoms. The molecule has 0 atom stereocenters. The first-order valence-electron chi connectivity index (χ1n) is 9.62. The highest BCUT2D eigenvalue weighted by atomic mass is 32.2. The molecule has 0 aliphatic carbocycles. The Morgan fingerprint density at radius 3 is 1.90 bits per heavy atom. The second-order valence-corrected chi connectivity index (χ2v) is 9.09. The molecule has 2 rings (SSSR count). The van der Waals surface area contributed by atoms with Crippen LogP contribution in [0.1, 0.15) is 31.4 Å². The van der Waals surface area contributed by atoms with Gasteiger partial charge in [0.05, 0.1) is 25.5 Å². The maximum Gasteiger partial charge on any atom is 0.243 e. The van der Waals surface area contributed by atoms with E-state index in [0.29, 0.717) is 5.57 Å². The fraction of sp³-hybridized carbons (Fsp3) is 0.348. The van der Waals surface area contributed by atoms with Crippen molar-refractivity contribution in [3.8, 4) is 0 Å². The van der Waals surface area contributed by atoms with Gasteiger partial charge < -0.3 is 14.8 Å². The number of carbonyl (C=O) groups excluding carboxylic acids is 1. The predicted molar refractivity (Wildman–Crippen MR) is 121 cm³/mol. The zero-order chi connectivity index (χ0) is 23.4. The molecule has 0 heterocycles. The smallest absolute Gasteiger partial charge is 0.243 e. The number of carbonyl (C=O) groups is 1. The topological polar surface area (TPSA) is 100 Å². The van der Waals surface area contributed by atoms with E-state index in [2.05, 4.69) is 57.9 Å². The van der Waals surface area contributed by atoms with E-state index in [0.717, 1.165) is 16.6 Å². The lowest BCUT2D eigenvalue weighted by molar-refractivity contribution is -0.903. The van der Waals surface area contributed by atoms with Crippen molar-refractivity contribution < 1.29 is 22.2 Å². The summed E-state index contributed by atoms with van der Waals surface area (Å²) < 4.78 is 32.2. The number of hydrogen-bond donors (Lipinski definition) is 1. The largest absolute Gasteiger partial charge is 0.744 e. The van der Waals surface area contributed by atoms with Crippen LogP contribution in [0.15, 0.2) is 71.6 Å². The van der Waals surface area contributed by atoms with E-state index < -0.39 is 16.0 Å². The Morgan fingerprint density at radius 1 is 1.07 bits per heavy atom. The number of nitrogens with zero attached hydrogens (tertiary/aromatic N) is 1. The second kappa shape index (κ2) is 13.0. The molecule has 2 aromatic carbocycles. The molecular formula is C23H34N2O4S. The summed E-state index contributed by atoms with van der Waals surface area (Å²) in [5.41, 5.74) is 7.45. The standard InChI is InChI=1S/C12H20N.C7H8O3S.C4H7NO/c1-4-10-13(2,3)11-12-8-6-5-7-9-12;1-6-2-4-7(5-3-6)11(8,9)10;1-3(2)4(5)6/h5-9H,4,10-11H2,1-3H3;2-5H,1H3,(H,8,9,10);1H2,2H3,(H2,5,6)/q+1;;/p-1. The molecule has 30 heavy (non-hydrogen) atoms. The quantitative estimate of drug-likeness (QED) is 0.426. The van der Waals surface area contributed by atoms with Gasteiger partial charge in [0.25, 0.3) is 0 Å². The molecule has 0 aliphatic heterocycles. The van der Waals surface area contributed by atoms with Crippen LogP contribution in [-0.4, -0.2) is 44.0 Å². The fourth-order valence-corrected chi connectivity index (χ4v) is 2.94. The lowest BCUT2D eigenvalue weighted by atomic mass is 10.2. The van der Waals surface area contributed by atoms with Crippen molar-refractivity contribution in [2.24, 2.45) is 5.73 Å². The zero-order valence-corrected chi connectivity index (χ0v) is 19.4. The van der Waals surface area contributed by atoms with Gasteiger partial charge in [0.1, 0.15) is 16.7 Å². The maximum atomic E-state index is 10.4. The van der Waals surface area contributed by atoms with Gasteiger partial charge >= 0.3 is 0 Å². The molecule has 166 valence electrons. The maximum absolute atomic E-state index is 10.4. The number of rotatable bonds is 6. The van der Waals surface area contributed by atoms with Crippen molar-refractivity contribution in [2.45, 2.75) is 38.6 Å². The first kappa shape index (κ1) is 27.5. The highest BCUT2D eigenvalue weighted by Gasteiger charge is 2.13. The van der Waals surface area contributed by atoms with Crippen molar-refractivity contribution in [1.82, 2.24) is 0 Å². The van der Waals surface area contributed by atoms with E-state index in [1.165, 1.54) is 30.7 Å². The van der Waals surface area contributed by atoms with Gasteiger partial charge in [0.15, 0.2) is 0 Å². The number of amides is 1. The molecule has 0 aliphatic rings. The second-order valence-electron chi connectivity index (χ2n) is 7.71. The van der Waals surface area contributed by atoms with Crippen molar-refractivity contribution in [2.75, 3.05) is 20.6 Å². The molecule has 1 amide bonds. The number of quaternary nitrogens is 1. The Labute approximate surface area is 181 Å². The summed E-state index contributed by atoms with van der Waals surface area (Å²) in [6.07, 6.45) is 1.25. The molecule has 2 aromatic rings. The monoisotopic (exact) mass is 434 g/mol. The van der Waals surface area contributed by atoms with Crippen LogP contribution in [-0.2, 0) is 21.5 Å². The Kier molecular flexibility index (Phi) is 11.9. The Balaban J connectivity index is 0.000000450. The van der Waals surface area contributed by atoms with Crippen molar-refractivity contribution >= 4 is 16.0 Å². The Morgan fingerprint density at radius 2 is 1.53 bits per heavy atom. The van der Waals surface area contributed by atoms with Crippen molar-refractivity contribution in [3.63, 3.8) is 0 Å². The van der Waals surface area contributed by atoms with Crippen molar-refractivity contribution in [3.05, 3.63) is 77.9 Å². The molecule has 0 saturated carbocycles. The van der Waals surface area contributed by atoms with Crippen LogP contribution in [0.25, 0.3) is 0 Å². The molecule has 0 fully saturated rings. The summed E-state index contributed by atoms with van der Waals surface area (Å²) in [6, 6.07) is 16.5. The summed E-state index contributed by atoms with van der Waals surface area (Å²) in [7, 11) is 0.307. The van der Waals surface area contributed by atoms with Gasteiger partial charge in [-0.3, -0.25) is 4.79 Å². The van der Waals surface area contributed by atoms with E-state index in [4.69, 9.17) is 5.73 Å². The normalized spacial score (nSPS) is 10.7. The third-order valence-electron chi connectivity index (χ3n) is 4.01. The van der Waals surface area contributed by atoms with Gasteiger partial charge in [-0.25, -0.2) is 8.42 Å². The van der Waals surface area contributed by atoms with E-state index in [9.17, 15) is 17.8 Å². The molecule has 0 aromatic heterocycles. The minimum absolute atomic E-state index is 0.178. The summed E-state index contributed by atoms with van der Waals surface area (Å²) in [6.45, 7) is 11.3. The van der Waals surface area contributed by atoms with Crippen LogP contribution in [0.5, 0.6) is 0 Å². The van der Waals surface area contributed by atoms with E-state index >= 15 is 0 Å². The number of benzene rings is 2. The third-order valence-corrected chi connectivity index (χ3v) is 4.86. The van der Waals surface area contributed by atoms with Gasteiger partial charge in [-0.05, 0) is 32.4 Å². The Hall–Kier alpha value is -2.48. The summed E-state index contributed by atoms with van der Waals surface area (Å²) in [5, 5.41) is 0. The minimum Gasteiger partial charge on any atom is -0.744 e. The molecule has 0 radical (unpaired) electrons. The molecule has 0 bridgehead atoms. The van der Waals surface area contributed by atoms with Gasteiger partial charge in [0, 0.05) is 11.1 Å². The molecule has 0 unspecified atom stereocenters. The average Bonchev–Trinajstić information content (AvgIpc) is 2.62. The minimum atomic E-state index is -4.27. The molecule has 2 N–H and O–H groups in total. The molecule has 0 spiro atoms. The number of primary amides is 1. The highest BCUT2D eigenvalue weighted by Crippen LogP contribution is 2.09. The summed E-state index contributed by atoms with van der Waals surface area (Å²) in [4.78, 5) is 9.64. The van der Waals surface area contributed by atoms with E-state index in [1.807, 2.05) is 6.92 Å². The molecule has 6 nitrogen and oxygen atoms in total. The third kappa shape index (κ3) is 12.9. The highest BCUT2D eigenvalue weighted by molar-refractivity contribution is 7.85. The number of aryl methyl sites for hydroxylation is 1. The van der Waals surface area contributed by atoms with Gasteiger partial charge in [-0.1, -0.05) is 61.5 Å². The first-order valence-corrected chi connectivity index (χ1v) is 11.0. The zero-order valence-electron chi connectivity index (χ0n) is 18.6. The van der Waals surface area contributed by atoms with Crippen LogP contribution in [0.2, 0.25) is 0 Å². The molecular weight excluding hydrogens is 400 g/mol. The van der Waals surface area contributed by atoms with E-state index in [1.54, 1.807) is 19.1 Å². The number of hydrogen-bond acceptors (Lipinski definition) is 4. The van der Waals surface area contributed by atoms with Crippen LogP contribution in [0.4, 0.5) is 0 Å². The molecule has 0 saturated heterocycles.